The molecule has 0 aromatic heterocycles. The summed E-state index contributed by atoms with van der Waals surface area (Å²) in [5.74, 6) is 2.04. The van der Waals surface area contributed by atoms with E-state index in [1.54, 1.807) is 27.4 Å². The third-order valence-corrected chi connectivity index (χ3v) is 5.04. The molecular weight excluding hydrogens is 402 g/mol. The molecule has 0 N–H and O–H groups in total. The number of hydrogen-bond donors (Lipinski definition) is 0. The summed E-state index contributed by atoms with van der Waals surface area (Å²) in [7, 11) is 4.74. The standard InChI is InChI=1S/C23H23NO7/c1-26-19-8-7-14(10-21(19)28-3)18-11-17(31-24-18)13-30-23(25)16-9-15-5-4-6-20(27-2)22(15)29-12-16/h4-10,17H,11-13H2,1-3H3. The van der Waals surface area contributed by atoms with Gasteiger partial charge in [-0.1, -0.05) is 17.3 Å². The molecule has 1 atom stereocenters. The van der Waals surface area contributed by atoms with E-state index >= 15 is 0 Å². The lowest BCUT2D eigenvalue weighted by Gasteiger charge is -2.19. The summed E-state index contributed by atoms with van der Waals surface area (Å²) in [4.78, 5) is 17.9. The van der Waals surface area contributed by atoms with Gasteiger partial charge in [-0.05, 0) is 30.3 Å². The molecule has 8 nitrogen and oxygen atoms in total. The Morgan fingerprint density at radius 1 is 1.06 bits per heavy atom. The number of esters is 1. The van der Waals surface area contributed by atoms with Gasteiger partial charge in [-0.2, -0.15) is 0 Å². The van der Waals surface area contributed by atoms with Gasteiger partial charge in [-0.15, -0.1) is 0 Å². The Kier molecular flexibility index (Phi) is 5.97. The summed E-state index contributed by atoms with van der Waals surface area (Å²) in [6, 6.07) is 11.0. The van der Waals surface area contributed by atoms with E-state index in [-0.39, 0.29) is 19.3 Å². The minimum absolute atomic E-state index is 0.0848. The second-order valence-corrected chi connectivity index (χ2v) is 6.97. The van der Waals surface area contributed by atoms with Crippen LogP contribution in [0.15, 0.2) is 47.1 Å². The van der Waals surface area contributed by atoms with E-state index in [9.17, 15) is 4.79 Å². The fourth-order valence-electron chi connectivity index (χ4n) is 3.42. The van der Waals surface area contributed by atoms with Crippen molar-refractivity contribution in [2.75, 3.05) is 34.5 Å². The van der Waals surface area contributed by atoms with E-state index in [4.69, 9.17) is 28.5 Å². The molecule has 162 valence electrons. The summed E-state index contributed by atoms with van der Waals surface area (Å²) in [5.41, 5.74) is 2.82. The molecule has 0 fully saturated rings. The monoisotopic (exact) mass is 425 g/mol. The number of oxime groups is 1. The topological polar surface area (TPSA) is 84.8 Å². The molecule has 2 heterocycles. The minimum Gasteiger partial charge on any atom is -0.493 e. The number of benzene rings is 2. The Hall–Kier alpha value is -3.68. The molecule has 0 bridgehead atoms. The molecular formula is C23H23NO7. The number of nitrogens with zero attached hydrogens (tertiary/aromatic N) is 1. The first-order valence-corrected chi connectivity index (χ1v) is 9.75. The van der Waals surface area contributed by atoms with Crippen molar-refractivity contribution in [3.63, 3.8) is 0 Å². The fourth-order valence-corrected chi connectivity index (χ4v) is 3.42. The van der Waals surface area contributed by atoms with E-state index in [0.717, 1.165) is 16.8 Å². The molecule has 0 radical (unpaired) electrons. The van der Waals surface area contributed by atoms with Crippen molar-refractivity contribution in [2.45, 2.75) is 12.5 Å². The highest BCUT2D eigenvalue weighted by atomic mass is 16.7. The van der Waals surface area contributed by atoms with Crippen LogP contribution in [0.2, 0.25) is 0 Å². The molecule has 31 heavy (non-hydrogen) atoms. The van der Waals surface area contributed by atoms with Gasteiger partial charge < -0.3 is 28.5 Å². The number of carbonyl (C=O) groups is 1. The molecule has 2 aromatic rings. The zero-order chi connectivity index (χ0) is 21.8. The van der Waals surface area contributed by atoms with Gasteiger partial charge >= 0.3 is 5.97 Å². The third-order valence-electron chi connectivity index (χ3n) is 5.04. The molecule has 0 amide bonds. The summed E-state index contributed by atoms with van der Waals surface area (Å²) in [6.07, 6.45) is 1.91. The first kappa shape index (κ1) is 20.6. The lowest BCUT2D eigenvalue weighted by molar-refractivity contribution is -0.143. The van der Waals surface area contributed by atoms with Crippen LogP contribution in [0.25, 0.3) is 6.08 Å². The van der Waals surface area contributed by atoms with E-state index in [1.807, 2.05) is 36.4 Å². The summed E-state index contributed by atoms with van der Waals surface area (Å²) < 4.78 is 27.0. The number of hydrogen-bond acceptors (Lipinski definition) is 8. The van der Waals surface area contributed by atoms with E-state index in [2.05, 4.69) is 5.16 Å². The van der Waals surface area contributed by atoms with Crippen LogP contribution in [0.5, 0.6) is 23.0 Å². The van der Waals surface area contributed by atoms with Crippen LogP contribution >= 0.6 is 0 Å². The number of carbonyl (C=O) groups excluding carboxylic acids is 1. The molecule has 0 saturated carbocycles. The highest BCUT2D eigenvalue weighted by molar-refractivity contribution is 6.02. The Morgan fingerprint density at radius 2 is 1.87 bits per heavy atom. The van der Waals surface area contributed by atoms with Crippen LogP contribution in [0.1, 0.15) is 17.5 Å². The van der Waals surface area contributed by atoms with Gasteiger partial charge in [0.15, 0.2) is 29.1 Å². The largest absolute Gasteiger partial charge is 0.493 e. The third kappa shape index (κ3) is 4.28. The number of methoxy groups -OCH3 is 3. The first-order chi connectivity index (χ1) is 15.1. The van der Waals surface area contributed by atoms with Gasteiger partial charge in [0, 0.05) is 17.5 Å². The Bertz CT molecular complexity index is 1040. The molecule has 8 heteroatoms. The van der Waals surface area contributed by atoms with Gasteiger partial charge in [0.1, 0.15) is 13.2 Å². The normalized spacial score (nSPS) is 16.8. The zero-order valence-corrected chi connectivity index (χ0v) is 17.5. The van der Waals surface area contributed by atoms with Crippen LogP contribution in [0.3, 0.4) is 0 Å². The van der Waals surface area contributed by atoms with Crippen molar-refractivity contribution < 1.29 is 33.3 Å². The highest BCUT2D eigenvalue weighted by Gasteiger charge is 2.26. The predicted molar refractivity (Wildman–Crippen MR) is 113 cm³/mol. The van der Waals surface area contributed by atoms with Crippen molar-refractivity contribution >= 4 is 17.8 Å². The van der Waals surface area contributed by atoms with Gasteiger partial charge in [0.05, 0.1) is 32.6 Å². The zero-order valence-electron chi connectivity index (χ0n) is 17.5. The Balaban J connectivity index is 1.35. The molecule has 2 aliphatic rings. The van der Waals surface area contributed by atoms with Gasteiger partial charge in [-0.25, -0.2) is 4.79 Å². The van der Waals surface area contributed by atoms with Crippen LogP contribution in [0.4, 0.5) is 0 Å². The average Bonchev–Trinajstić information content (AvgIpc) is 3.30. The minimum atomic E-state index is -0.448. The van der Waals surface area contributed by atoms with E-state index in [1.165, 1.54) is 0 Å². The van der Waals surface area contributed by atoms with Crippen molar-refractivity contribution in [1.82, 2.24) is 0 Å². The lowest BCUT2D eigenvalue weighted by Crippen LogP contribution is -2.23. The number of para-hydroxylation sites is 1. The number of ether oxygens (including phenoxy) is 5. The van der Waals surface area contributed by atoms with Gasteiger partial charge in [0.25, 0.3) is 0 Å². The van der Waals surface area contributed by atoms with Gasteiger partial charge in [0.2, 0.25) is 0 Å². The SMILES string of the molecule is COc1ccc(C2=NOC(COC(=O)C3=Cc4cccc(OC)c4OC3)C2)cc1OC. The Morgan fingerprint density at radius 3 is 2.65 bits per heavy atom. The molecule has 2 aromatic carbocycles. The van der Waals surface area contributed by atoms with Crippen LogP contribution in [-0.2, 0) is 14.4 Å². The van der Waals surface area contributed by atoms with E-state index < -0.39 is 5.97 Å². The molecule has 0 saturated heterocycles. The molecule has 1 unspecified atom stereocenters. The molecule has 0 aliphatic carbocycles. The van der Waals surface area contributed by atoms with E-state index in [0.29, 0.717) is 35.0 Å². The first-order valence-electron chi connectivity index (χ1n) is 9.75. The maximum absolute atomic E-state index is 12.5. The summed E-state index contributed by atoms with van der Waals surface area (Å²) in [6.45, 7) is 0.201. The summed E-state index contributed by atoms with van der Waals surface area (Å²) >= 11 is 0. The maximum atomic E-state index is 12.5. The molecule has 4 rings (SSSR count). The average molecular weight is 425 g/mol. The maximum Gasteiger partial charge on any atom is 0.337 e. The van der Waals surface area contributed by atoms with Crippen molar-refractivity contribution in [1.29, 1.82) is 0 Å². The summed E-state index contributed by atoms with van der Waals surface area (Å²) in [5, 5.41) is 4.13. The smallest absolute Gasteiger partial charge is 0.337 e. The molecule has 0 spiro atoms. The van der Waals surface area contributed by atoms with Crippen molar-refractivity contribution in [3.8, 4) is 23.0 Å². The second-order valence-electron chi connectivity index (χ2n) is 6.97. The van der Waals surface area contributed by atoms with Crippen molar-refractivity contribution in [2.24, 2.45) is 5.16 Å². The Labute approximate surface area is 179 Å². The quantitative estimate of drug-likeness (QED) is 0.630. The molecule has 2 aliphatic heterocycles. The predicted octanol–water partition coefficient (Wildman–Crippen LogP) is 3.22. The number of rotatable bonds is 7. The highest BCUT2D eigenvalue weighted by Crippen LogP contribution is 2.35. The van der Waals surface area contributed by atoms with Crippen molar-refractivity contribution in [3.05, 3.63) is 53.1 Å². The van der Waals surface area contributed by atoms with Crippen LogP contribution in [-0.4, -0.2) is 52.3 Å². The van der Waals surface area contributed by atoms with Crippen LogP contribution < -0.4 is 18.9 Å². The fraction of sp³-hybridized carbons (Fsp3) is 0.304. The second kappa shape index (κ2) is 8.99. The lowest BCUT2D eigenvalue weighted by atomic mass is 10.0. The number of fused-ring (bicyclic) bond motifs is 1. The van der Waals surface area contributed by atoms with Crippen LogP contribution in [0, 0.1) is 0 Å². The van der Waals surface area contributed by atoms with Gasteiger partial charge in [-0.3, -0.25) is 0 Å².